The Labute approximate surface area is 107 Å². The van der Waals surface area contributed by atoms with Gasteiger partial charge < -0.3 is 10.0 Å². The number of hydrogen-bond acceptors (Lipinski definition) is 6. The van der Waals surface area contributed by atoms with Gasteiger partial charge >= 0.3 is 11.0 Å². The molecule has 0 bridgehead atoms. The van der Waals surface area contributed by atoms with Crippen LogP contribution in [0.2, 0.25) is 0 Å². The lowest BCUT2D eigenvalue weighted by Crippen LogP contribution is -2.34. The second-order valence-electron chi connectivity index (χ2n) is 4.35. The predicted octanol–water partition coefficient (Wildman–Crippen LogP) is 1.74. The number of carboxylic acid groups (broad SMARTS) is 1. The average molecular weight is 271 g/mol. The van der Waals surface area contributed by atoms with Crippen molar-refractivity contribution < 1.29 is 14.8 Å². The van der Waals surface area contributed by atoms with E-state index in [0.29, 0.717) is 31.1 Å². The molecule has 2 rings (SSSR count). The zero-order valence-electron chi connectivity index (χ0n) is 9.83. The molecule has 1 unspecified atom stereocenters. The van der Waals surface area contributed by atoms with Crippen molar-refractivity contribution in [3.05, 3.63) is 16.3 Å². The molecular weight excluding hydrogens is 258 g/mol. The Bertz CT molecular complexity index is 489. The minimum absolute atomic E-state index is 0.0191. The molecule has 1 aromatic rings. The van der Waals surface area contributed by atoms with Gasteiger partial charge in [-0.2, -0.15) is 0 Å². The molecule has 7 nitrogen and oxygen atoms in total. The highest BCUT2D eigenvalue weighted by Crippen LogP contribution is 2.39. The van der Waals surface area contributed by atoms with Crippen molar-refractivity contribution in [2.75, 3.05) is 18.0 Å². The van der Waals surface area contributed by atoms with E-state index in [1.54, 1.807) is 0 Å². The van der Waals surface area contributed by atoms with E-state index in [-0.39, 0.29) is 5.00 Å². The van der Waals surface area contributed by atoms with Crippen molar-refractivity contribution >= 4 is 27.4 Å². The first kappa shape index (κ1) is 12.7. The number of carbonyl (C=O) groups is 1. The van der Waals surface area contributed by atoms with Crippen molar-refractivity contribution in [1.29, 1.82) is 0 Å². The largest absolute Gasteiger partial charge is 0.481 e. The van der Waals surface area contributed by atoms with Crippen LogP contribution in [0.3, 0.4) is 0 Å². The Morgan fingerprint density at radius 2 is 2.50 bits per heavy atom. The van der Waals surface area contributed by atoms with Gasteiger partial charge in [0.1, 0.15) is 6.20 Å². The van der Waals surface area contributed by atoms with Gasteiger partial charge in [0.15, 0.2) is 5.13 Å². The molecule has 0 saturated carbocycles. The highest BCUT2D eigenvalue weighted by Gasteiger charge is 2.44. The number of thiazole rings is 1. The molecule has 2 heterocycles. The minimum Gasteiger partial charge on any atom is -0.481 e. The molecular formula is C10H13N3O4S. The predicted molar refractivity (Wildman–Crippen MR) is 66.0 cm³/mol. The van der Waals surface area contributed by atoms with E-state index in [9.17, 15) is 20.0 Å². The van der Waals surface area contributed by atoms with Gasteiger partial charge in [-0.3, -0.25) is 14.9 Å². The smallest absolute Gasteiger partial charge is 0.345 e. The Hall–Kier alpha value is -1.70. The topological polar surface area (TPSA) is 96.6 Å². The van der Waals surface area contributed by atoms with Crippen LogP contribution >= 0.6 is 11.3 Å². The lowest BCUT2D eigenvalue weighted by molar-refractivity contribution is -0.380. The van der Waals surface area contributed by atoms with Crippen LogP contribution in [0.25, 0.3) is 0 Å². The van der Waals surface area contributed by atoms with Crippen LogP contribution < -0.4 is 4.90 Å². The number of anilines is 1. The van der Waals surface area contributed by atoms with Crippen LogP contribution in [-0.4, -0.2) is 34.1 Å². The molecule has 1 aliphatic heterocycles. The molecule has 1 fully saturated rings. The second-order valence-corrected chi connectivity index (χ2v) is 5.34. The fourth-order valence-electron chi connectivity index (χ4n) is 2.14. The average Bonchev–Trinajstić information content (AvgIpc) is 2.96. The SMILES string of the molecule is CCC1(C(=O)O)CCN(c2ncc([N+](=O)[O-])s2)C1. The standard InChI is InChI=1S/C10H13N3O4S/c1-2-10(8(14)15)3-4-12(6-10)9-11-5-7(18-9)13(16)17/h5H,2-4,6H2,1H3,(H,14,15). The molecule has 18 heavy (non-hydrogen) atoms. The Morgan fingerprint density at radius 1 is 1.78 bits per heavy atom. The molecule has 0 radical (unpaired) electrons. The number of aliphatic carboxylic acids is 1. The summed E-state index contributed by atoms with van der Waals surface area (Å²) >= 11 is 0.984. The van der Waals surface area contributed by atoms with Crippen molar-refractivity contribution in [3.8, 4) is 0 Å². The Kier molecular flexibility index (Phi) is 3.20. The first-order valence-corrected chi connectivity index (χ1v) is 6.39. The van der Waals surface area contributed by atoms with E-state index in [1.807, 2.05) is 11.8 Å². The first-order chi connectivity index (χ1) is 8.48. The maximum atomic E-state index is 11.3. The number of rotatable bonds is 4. The van der Waals surface area contributed by atoms with Crippen LogP contribution in [0.1, 0.15) is 19.8 Å². The zero-order valence-corrected chi connectivity index (χ0v) is 10.6. The molecule has 0 spiro atoms. The minimum atomic E-state index is -0.807. The van der Waals surface area contributed by atoms with Gasteiger partial charge in [-0.05, 0) is 24.2 Å². The molecule has 1 saturated heterocycles. The summed E-state index contributed by atoms with van der Waals surface area (Å²) in [6.45, 7) is 2.79. The maximum Gasteiger partial charge on any atom is 0.345 e. The number of aromatic nitrogens is 1. The Balaban J connectivity index is 2.17. The summed E-state index contributed by atoms with van der Waals surface area (Å²) in [6.07, 6.45) is 2.31. The molecule has 0 aliphatic carbocycles. The molecule has 1 aromatic heterocycles. The quantitative estimate of drug-likeness (QED) is 0.661. The van der Waals surface area contributed by atoms with Crippen molar-refractivity contribution in [2.45, 2.75) is 19.8 Å². The third-order valence-corrected chi connectivity index (χ3v) is 4.43. The van der Waals surface area contributed by atoms with E-state index in [4.69, 9.17) is 0 Å². The first-order valence-electron chi connectivity index (χ1n) is 5.57. The number of carboxylic acids is 1. The van der Waals surface area contributed by atoms with Crippen molar-refractivity contribution in [1.82, 2.24) is 4.98 Å². The van der Waals surface area contributed by atoms with E-state index >= 15 is 0 Å². The molecule has 98 valence electrons. The van der Waals surface area contributed by atoms with Crippen LogP contribution in [0.5, 0.6) is 0 Å². The molecule has 8 heteroatoms. The summed E-state index contributed by atoms with van der Waals surface area (Å²) in [7, 11) is 0. The normalized spacial score (nSPS) is 23.3. The van der Waals surface area contributed by atoms with E-state index in [2.05, 4.69) is 4.98 Å². The molecule has 0 amide bonds. The van der Waals surface area contributed by atoms with Gasteiger partial charge in [0.2, 0.25) is 0 Å². The van der Waals surface area contributed by atoms with Crippen molar-refractivity contribution in [3.63, 3.8) is 0 Å². The van der Waals surface area contributed by atoms with Gasteiger partial charge in [0, 0.05) is 13.1 Å². The summed E-state index contributed by atoms with van der Waals surface area (Å²) in [5.41, 5.74) is -0.750. The van der Waals surface area contributed by atoms with Gasteiger partial charge in [0.25, 0.3) is 0 Å². The number of hydrogen-bond donors (Lipinski definition) is 1. The third-order valence-electron chi connectivity index (χ3n) is 3.42. The summed E-state index contributed by atoms with van der Waals surface area (Å²) in [5.74, 6) is -0.807. The molecule has 0 aromatic carbocycles. The highest BCUT2D eigenvalue weighted by molar-refractivity contribution is 7.18. The van der Waals surface area contributed by atoms with Crippen LogP contribution in [-0.2, 0) is 4.79 Å². The lowest BCUT2D eigenvalue weighted by atomic mass is 9.84. The van der Waals surface area contributed by atoms with Crippen LogP contribution in [0.15, 0.2) is 6.20 Å². The van der Waals surface area contributed by atoms with E-state index < -0.39 is 16.3 Å². The van der Waals surface area contributed by atoms with Gasteiger partial charge in [-0.1, -0.05) is 6.92 Å². The molecule has 1 N–H and O–H groups in total. The summed E-state index contributed by atoms with van der Waals surface area (Å²) in [4.78, 5) is 27.2. The fourth-order valence-corrected chi connectivity index (χ4v) is 2.89. The van der Waals surface area contributed by atoms with Gasteiger partial charge in [-0.15, -0.1) is 0 Å². The lowest BCUT2D eigenvalue weighted by Gasteiger charge is -2.22. The highest BCUT2D eigenvalue weighted by atomic mass is 32.1. The van der Waals surface area contributed by atoms with Gasteiger partial charge in [0.05, 0.1) is 10.3 Å². The summed E-state index contributed by atoms with van der Waals surface area (Å²) in [6, 6.07) is 0. The maximum absolute atomic E-state index is 11.3. The number of nitro groups is 1. The monoisotopic (exact) mass is 271 g/mol. The molecule has 1 atom stereocenters. The van der Waals surface area contributed by atoms with Gasteiger partial charge in [-0.25, -0.2) is 4.98 Å². The third kappa shape index (κ3) is 2.03. The summed E-state index contributed by atoms with van der Waals surface area (Å²) < 4.78 is 0. The summed E-state index contributed by atoms with van der Waals surface area (Å²) in [5, 5.41) is 20.4. The van der Waals surface area contributed by atoms with Crippen LogP contribution in [0, 0.1) is 15.5 Å². The fraction of sp³-hybridized carbons (Fsp3) is 0.600. The molecule has 1 aliphatic rings. The number of nitrogens with zero attached hydrogens (tertiary/aromatic N) is 3. The Morgan fingerprint density at radius 3 is 2.94 bits per heavy atom. The zero-order chi connectivity index (χ0) is 13.3. The van der Waals surface area contributed by atoms with Crippen molar-refractivity contribution in [2.24, 2.45) is 5.41 Å². The van der Waals surface area contributed by atoms with E-state index in [1.165, 1.54) is 6.20 Å². The van der Waals surface area contributed by atoms with Crippen LogP contribution in [0.4, 0.5) is 10.1 Å². The van der Waals surface area contributed by atoms with E-state index in [0.717, 1.165) is 11.3 Å². The second kappa shape index (κ2) is 4.52.